The molecule has 11 heteroatoms. The first-order valence-corrected chi connectivity index (χ1v) is 11.0. The summed E-state index contributed by atoms with van der Waals surface area (Å²) in [6.07, 6.45) is -0.943. The molecule has 2 aliphatic heterocycles. The van der Waals surface area contributed by atoms with Crippen molar-refractivity contribution < 1.29 is 28.6 Å². The van der Waals surface area contributed by atoms with Crippen molar-refractivity contribution in [3.63, 3.8) is 0 Å². The molecule has 0 radical (unpaired) electrons. The van der Waals surface area contributed by atoms with Crippen LogP contribution in [0.15, 0.2) is 24.3 Å². The average molecular weight is 462 g/mol. The zero-order valence-electron chi connectivity index (χ0n) is 19.0. The molecule has 1 atom stereocenters. The van der Waals surface area contributed by atoms with Crippen LogP contribution in [0, 0.1) is 5.41 Å². The number of hydrogen-bond donors (Lipinski definition) is 2. The van der Waals surface area contributed by atoms with Crippen molar-refractivity contribution in [3.8, 4) is 0 Å². The third-order valence-electron chi connectivity index (χ3n) is 5.62. The Hall–Kier alpha value is -3.18. The number of nitrogens with one attached hydrogen (secondary N) is 2. The molecule has 1 unspecified atom stereocenters. The maximum Gasteiger partial charge on any atom is 0.414 e. The molecule has 0 bridgehead atoms. The first-order valence-electron chi connectivity index (χ1n) is 11.0. The van der Waals surface area contributed by atoms with Crippen LogP contribution in [-0.4, -0.2) is 99.4 Å². The number of benzene rings is 1. The predicted octanol–water partition coefficient (Wildman–Crippen LogP) is 1.26. The SMILES string of the molecule is CCOC(=O)CCN1CCN(CC2CN(c3ccc(C(=N)NC(=O)OC)cc3)C(=O)O2)CC1. The quantitative estimate of drug-likeness (QED) is 0.257. The molecule has 2 saturated heterocycles. The van der Waals surface area contributed by atoms with Gasteiger partial charge in [-0.25, -0.2) is 9.59 Å². The smallest absolute Gasteiger partial charge is 0.414 e. The van der Waals surface area contributed by atoms with Crippen molar-refractivity contribution in [1.82, 2.24) is 15.1 Å². The minimum absolute atomic E-state index is 0.0864. The van der Waals surface area contributed by atoms with E-state index in [9.17, 15) is 14.4 Å². The van der Waals surface area contributed by atoms with Crippen LogP contribution in [-0.2, 0) is 19.0 Å². The summed E-state index contributed by atoms with van der Waals surface area (Å²) in [5.41, 5.74) is 1.16. The molecule has 0 aliphatic carbocycles. The van der Waals surface area contributed by atoms with E-state index < -0.39 is 12.2 Å². The molecular weight excluding hydrogens is 430 g/mol. The Morgan fingerprint density at radius 1 is 1.15 bits per heavy atom. The average Bonchev–Trinajstić information content (AvgIpc) is 3.18. The van der Waals surface area contributed by atoms with Gasteiger partial charge in [0.05, 0.1) is 26.7 Å². The molecule has 2 heterocycles. The number of methoxy groups -OCH3 is 1. The molecule has 1 aromatic rings. The highest BCUT2D eigenvalue weighted by atomic mass is 16.6. The Bertz CT molecular complexity index is 853. The first-order chi connectivity index (χ1) is 15.9. The lowest BCUT2D eigenvalue weighted by molar-refractivity contribution is -0.143. The van der Waals surface area contributed by atoms with E-state index in [1.807, 2.05) is 0 Å². The van der Waals surface area contributed by atoms with Gasteiger partial charge in [-0.3, -0.25) is 25.3 Å². The Morgan fingerprint density at radius 3 is 2.45 bits per heavy atom. The van der Waals surface area contributed by atoms with Crippen molar-refractivity contribution in [2.24, 2.45) is 0 Å². The molecular formula is C22H31N5O6. The van der Waals surface area contributed by atoms with E-state index in [0.29, 0.717) is 43.9 Å². The Morgan fingerprint density at radius 2 is 1.82 bits per heavy atom. The maximum atomic E-state index is 12.4. The number of esters is 1. The molecule has 2 amide bonds. The molecule has 1 aromatic carbocycles. The van der Waals surface area contributed by atoms with Gasteiger partial charge in [0, 0.05) is 50.5 Å². The van der Waals surface area contributed by atoms with Gasteiger partial charge in [-0.15, -0.1) is 0 Å². The van der Waals surface area contributed by atoms with Gasteiger partial charge in [-0.05, 0) is 31.2 Å². The number of piperazine rings is 1. The maximum absolute atomic E-state index is 12.4. The molecule has 0 spiro atoms. The monoisotopic (exact) mass is 461 g/mol. The van der Waals surface area contributed by atoms with Gasteiger partial charge in [0.15, 0.2) is 0 Å². The first kappa shape index (κ1) is 24.5. The summed E-state index contributed by atoms with van der Waals surface area (Å²) in [5, 5.41) is 10.2. The molecule has 0 aromatic heterocycles. The highest BCUT2D eigenvalue weighted by molar-refractivity contribution is 6.04. The Kier molecular flexibility index (Phi) is 8.61. The lowest BCUT2D eigenvalue weighted by Crippen LogP contribution is -2.49. The van der Waals surface area contributed by atoms with Crippen LogP contribution in [0.2, 0.25) is 0 Å². The van der Waals surface area contributed by atoms with Gasteiger partial charge >= 0.3 is 18.2 Å². The lowest BCUT2D eigenvalue weighted by Gasteiger charge is -2.35. The zero-order chi connectivity index (χ0) is 23.8. The third kappa shape index (κ3) is 6.90. The second kappa shape index (κ2) is 11.6. The number of ether oxygens (including phenoxy) is 3. The van der Waals surface area contributed by atoms with Crippen LogP contribution in [0.3, 0.4) is 0 Å². The summed E-state index contributed by atoms with van der Waals surface area (Å²) in [7, 11) is 1.23. The molecule has 2 N–H and O–H groups in total. The summed E-state index contributed by atoms with van der Waals surface area (Å²) in [6.45, 7) is 7.42. The molecule has 11 nitrogen and oxygen atoms in total. The molecule has 0 saturated carbocycles. The molecule has 180 valence electrons. The van der Waals surface area contributed by atoms with Crippen molar-refractivity contribution in [2.45, 2.75) is 19.4 Å². The van der Waals surface area contributed by atoms with Crippen molar-refractivity contribution in [3.05, 3.63) is 29.8 Å². The number of hydrogen-bond acceptors (Lipinski definition) is 9. The van der Waals surface area contributed by atoms with Crippen LogP contribution in [0.4, 0.5) is 15.3 Å². The number of carbonyl (C=O) groups is 3. The molecule has 2 aliphatic rings. The Balaban J connectivity index is 1.45. The molecule has 3 rings (SSSR count). The summed E-state index contributed by atoms with van der Waals surface area (Å²) in [4.78, 5) is 41.3. The van der Waals surface area contributed by atoms with E-state index in [0.717, 1.165) is 26.2 Å². The number of carbonyl (C=O) groups excluding carboxylic acids is 3. The van der Waals surface area contributed by atoms with Crippen LogP contribution < -0.4 is 10.2 Å². The standard InChI is InChI=1S/C22H31N5O6/c1-3-32-19(28)8-9-25-10-12-26(13-11-25)14-18-15-27(22(30)33-18)17-6-4-16(5-7-17)20(23)24-21(29)31-2/h4-7,18H,3,8-15H2,1-2H3,(H2,23,24,29). The topological polar surface area (TPSA) is 125 Å². The number of rotatable bonds is 8. The van der Waals surface area contributed by atoms with Gasteiger partial charge in [0.1, 0.15) is 11.9 Å². The Labute approximate surface area is 193 Å². The lowest BCUT2D eigenvalue weighted by atomic mass is 10.1. The van der Waals surface area contributed by atoms with E-state index in [4.69, 9.17) is 14.9 Å². The number of amidine groups is 1. The van der Waals surface area contributed by atoms with E-state index >= 15 is 0 Å². The van der Waals surface area contributed by atoms with E-state index in [1.54, 1.807) is 36.1 Å². The van der Waals surface area contributed by atoms with E-state index in [-0.39, 0.29) is 17.9 Å². The van der Waals surface area contributed by atoms with Crippen molar-refractivity contribution in [1.29, 1.82) is 5.41 Å². The summed E-state index contributed by atoms with van der Waals surface area (Å²) >= 11 is 0. The highest BCUT2D eigenvalue weighted by Crippen LogP contribution is 2.23. The number of alkyl carbamates (subject to hydrolysis) is 1. The minimum atomic E-state index is -0.713. The fourth-order valence-electron chi connectivity index (χ4n) is 3.83. The van der Waals surface area contributed by atoms with Gasteiger partial charge in [0.25, 0.3) is 0 Å². The van der Waals surface area contributed by atoms with Crippen LogP contribution in [0.5, 0.6) is 0 Å². The number of amides is 2. The normalized spacial score (nSPS) is 19.2. The number of anilines is 1. The fourth-order valence-corrected chi connectivity index (χ4v) is 3.83. The van der Waals surface area contributed by atoms with Gasteiger partial charge < -0.3 is 19.1 Å². The van der Waals surface area contributed by atoms with E-state index in [1.165, 1.54) is 7.11 Å². The summed E-state index contributed by atoms with van der Waals surface area (Å²) in [6, 6.07) is 6.75. The zero-order valence-corrected chi connectivity index (χ0v) is 19.0. The van der Waals surface area contributed by atoms with Gasteiger partial charge in [-0.2, -0.15) is 0 Å². The van der Waals surface area contributed by atoms with Crippen LogP contribution in [0.25, 0.3) is 0 Å². The highest BCUT2D eigenvalue weighted by Gasteiger charge is 2.34. The predicted molar refractivity (Wildman–Crippen MR) is 121 cm³/mol. The number of nitrogens with zero attached hydrogens (tertiary/aromatic N) is 3. The second-order valence-electron chi connectivity index (χ2n) is 7.85. The van der Waals surface area contributed by atoms with Crippen LogP contribution >= 0.6 is 0 Å². The third-order valence-corrected chi connectivity index (χ3v) is 5.62. The van der Waals surface area contributed by atoms with Gasteiger partial charge in [-0.1, -0.05) is 0 Å². The summed E-state index contributed by atoms with van der Waals surface area (Å²) < 4.78 is 15.0. The van der Waals surface area contributed by atoms with E-state index in [2.05, 4.69) is 19.9 Å². The molecule has 2 fully saturated rings. The van der Waals surface area contributed by atoms with Gasteiger partial charge in [0.2, 0.25) is 0 Å². The fraction of sp³-hybridized carbons (Fsp3) is 0.545. The second-order valence-corrected chi connectivity index (χ2v) is 7.85. The number of cyclic esters (lactones) is 1. The largest absolute Gasteiger partial charge is 0.466 e. The minimum Gasteiger partial charge on any atom is -0.466 e. The van der Waals surface area contributed by atoms with Crippen molar-refractivity contribution in [2.75, 3.05) is 64.4 Å². The summed E-state index contributed by atoms with van der Waals surface area (Å²) in [5.74, 6) is -0.251. The molecule has 33 heavy (non-hydrogen) atoms. The van der Waals surface area contributed by atoms with Crippen molar-refractivity contribution >= 4 is 29.7 Å². The van der Waals surface area contributed by atoms with Crippen LogP contribution in [0.1, 0.15) is 18.9 Å².